The highest BCUT2D eigenvalue weighted by Crippen LogP contribution is 2.35. The fourth-order valence-electron chi connectivity index (χ4n) is 1.80. The van der Waals surface area contributed by atoms with E-state index in [0.29, 0.717) is 6.07 Å². The number of hydrogen-bond acceptors (Lipinski definition) is 2. The molecule has 0 saturated carbocycles. The molecule has 2 nitrogen and oxygen atoms in total. The molecule has 0 unspecified atom stereocenters. The number of ether oxygens (including phenoxy) is 1. The Bertz CT molecular complexity index is 678. The monoisotopic (exact) mass is 321 g/mol. The molecule has 1 aromatic carbocycles. The van der Waals surface area contributed by atoms with Crippen molar-refractivity contribution in [2.45, 2.75) is 12.4 Å². The van der Waals surface area contributed by atoms with Gasteiger partial charge < -0.3 is 4.74 Å². The summed E-state index contributed by atoms with van der Waals surface area (Å²) in [4.78, 5) is 3.25. The van der Waals surface area contributed by atoms with Gasteiger partial charge >= 0.3 is 12.4 Å². The first-order valence-electron chi connectivity index (χ1n) is 5.92. The minimum Gasteiger partial charge on any atom is -0.481 e. The smallest absolute Gasteiger partial charge is 0.433 e. The second-order valence-electron chi connectivity index (χ2n) is 4.36. The third-order valence-electron chi connectivity index (χ3n) is 2.82. The molecule has 0 aliphatic carbocycles. The van der Waals surface area contributed by atoms with E-state index in [1.54, 1.807) is 0 Å². The van der Waals surface area contributed by atoms with E-state index in [2.05, 4.69) is 9.72 Å². The normalized spacial score (nSPS) is 12.3. The standard InChI is InChI=1S/C14H9F6NO/c1-22-12-7-9(6-11(21-12)14(18,19)20)8-3-2-4-10(5-8)13(15,16)17/h2-7H,1H3. The maximum atomic E-state index is 12.8. The Morgan fingerprint density at radius 3 is 2.09 bits per heavy atom. The van der Waals surface area contributed by atoms with Gasteiger partial charge in [0.1, 0.15) is 5.69 Å². The van der Waals surface area contributed by atoms with E-state index >= 15 is 0 Å². The van der Waals surface area contributed by atoms with Gasteiger partial charge in [-0.1, -0.05) is 12.1 Å². The highest BCUT2D eigenvalue weighted by atomic mass is 19.4. The van der Waals surface area contributed by atoms with Crippen LogP contribution in [0.3, 0.4) is 0 Å². The summed E-state index contributed by atoms with van der Waals surface area (Å²) in [5.74, 6) is -0.331. The van der Waals surface area contributed by atoms with Crippen LogP contribution in [0.25, 0.3) is 11.1 Å². The lowest BCUT2D eigenvalue weighted by Gasteiger charge is -2.12. The van der Waals surface area contributed by atoms with E-state index in [1.165, 1.54) is 6.07 Å². The topological polar surface area (TPSA) is 22.1 Å². The van der Waals surface area contributed by atoms with E-state index in [4.69, 9.17) is 0 Å². The molecule has 0 radical (unpaired) electrons. The van der Waals surface area contributed by atoms with Crippen molar-refractivity contribution in [2.75, 3.05) is 7.11 Å². The van der Waals surface area contributed by atoms with Gasteiger partial charge in [-0.05, 0) is 29.3 Å². The van der Waals surface area contributed by atoms with Gasteiger partial charge in [-0.2, -0.15) is 26.3 Å². The molecule has 0 spiro atoms. The summed E-state index contributed by atoms with van der Waals surface area (Å²) in [6.07, 6.45) is -9.31. The number of halogens is 6. The van der Waals surface area contributed by atoms with Gasteiger partial charge in [0.15, 0.2) is 0 Å². The molecule has 0 N–H and O–H groups in total. The van der Waals surface area contributed by atoms with Gasteiger partial charge in [-0.15, -0.1) is 0 Å². The predicted molar refractivity (Wildman–Crippen MR) is 66.2 cm³/mol. The average Bonchev–Trinajstić information content (AvgIpc) is 2.45. The zero-order valence-electron chi connectivity index (χ0n) is 11.1. The Hall–Kier alpha value is -2.25. The highest BCUT2D eigenvalue weighted by molar-refractivity contribution is 5.66. The van der Waals surface area contributed by atoms with Crippen molar-refractivity contribution in [3.63, 3.8) is 0 Å². The SMILES string of the molecule is COc1cc(-c2cccc(C(F)(F)F)c2)cc(C(F)(F)F)n1. The number of benzene rings is 1. The van der Waals surface area contributed by atoms with Crippen LogP contribution < -0.4 is 4.74 Å². The van der Waals surface area contributed by atoms with Gasteiger partial charge in [0.05, 0.1) is 12.7 Å². The number of pyridine rings is 1. The van der Waals surface area contributed by atoms with Gasteiger partial charge in [0.25, 0.3) is 0 Å². The minimum atomic E-state index is -4.73. The van der Waals surface area contributed by atoms with E-state index in [-0.39, 0.29) is 17.0 Å². The van der Waals surface area contributed by atoms with Crippen LogP contribution in [-0.2, 0) is 12.4 Å². The molecular formula is C14H9F6NO. The summed E-state index contributed by atoms with van der Waals surface area (Å²) in [6, 6.07) is 5.84. The first-order chi connectivity index (χ1) is 10.1. The zero-order chi connectivity index (χ0) is 16.5. The molecule has 22 heavy (non-hydrogen) atoms. The van der Waals surface area contributed by atoms with Gasteiger partial charge in [-0.3, -0.25) is 0 Å². The van der Waals surface area contributed by atoms with E-state index in [0.717, 1.165) is 31.4 Å². The summed E-state index contributed by atoms with van der Waals surface area (Å²) < 4.78 is 81.0. The molecule has 118 valence electrons. The molecule has 0 aliphatic heterocycles. The molecule has 2 aromatic rings. The maximum absolute atomic E-state index is 12.8. The number of alkyl halides is 6. The number of rotatable bonds is 2. The van der Waals surface area contributed by atoms with Crippen LogP contribution >= 0.6 is 0 Å². The van der Waals surface area contributed by atoms with Crippen LogP contribution in [0.1, 0.15) is 11.3 Å². The Kier molecular flexibility index (Phi) is 4.04. The first kappa shape index (κ1) is 16.1. The van der Waals surface area contributed by atoms with Crippen molar-refractivity contribution in [3.05, 3.63) is 47.7 Å². The maximum Gasteiger partial charge on any atom is 0.433 e. The summed E-state index contributed by atoms with van der Waals surface area (Å²) >= 11 is 0. The van der Waals surface area contributed by atoms with Crippen LogP contribution in [-0.4, -0.2) is 12.1 Å². The van der Waals surface area contributed by atoms with Crippen molar-refractivity contribution >= 4 is 0 Å². The Balaban J connectivity index is 2.57. The molecule has 0 atom stereocenters. The molecule has 1 heterocycles. The minimum absolute atomic E-state index is 0.0129. The molecule has 0 saturated heterocycles. The number of hydrogen-bond donors (Lipinski definition) is 0. The summed E-state index contributed by atoms with van der Waals surface area (Å²) in [7, 11) is 1.12. The molecule has 2 rings (SSSR count). The van der Waals surface area contributed by atoms with Crippen LogP contribution in [0.15, 0.2) is 36.4 Å². The van der Waals surface area contributed by atoms with E-state index < -0.39 is 23.6 Å². The molecule has 0 bridgehead atoms. The fourth-order valence-corrected chi connectivity index (χ4v) is 1.80. The van der Waals surface area contributed by atoms with Crippen molar-refractivity contribution in [1.29, 1.82) is 0 Å². The lowest BCUT2D eigenvalue weighted by atomic mass is 10.0. The predicted octanol–water partition coefficient (Wildman–Crippen LogP) is 4.79. The molecule has 8 heteroatoms. The van der Waals surface area contributed by atoms with Crippen molar-refractivity contribution in [3.8, 4) is 17.0 Å². The third-order valence-corrected chi connectivity index (χ3v) is 2.82. The quantitative estimate of drug-likeness (QED) is 0.742. The van der Waals surface area contributed by atoms with Crippen LogP contribution in [0.5, 0.6) is 5.88 Å². The van der Waals surface area contributed by atoms with Crippen molar-refractivity contribution in [2.24, 2.45) is 0 Å². The van der Waals surface area contributed by atoms with E-state index in [9.17, 15) is 26.3 Å². The van der Waals surface area contributed by atoms with Crippen LogP contribution in [0.2, 0.25) is 0 Å². The summed E-state index contributed by atoms with van der Waals surface area (Å²) in [5.41, 5.74) is -2.26. The zero-order valence-corrected chi connectivity index (χ0v) is 11.1. The second kappa shape index (κ2) is 5.51. The summed E-state index contributed by atoms with van der Waals surface area (Å²) in [6.45, 7) is 0. The van der Waals surface area contributed by atoms with Gasteiger partial charge in [0.2, 0.25) is 5.88 Å². The Morgan fingerprint density at radius 1 is 0.864 bits per heavy atom. The van der Waals surface area contributed by atoms with Crippen molar-refractivity contribution in [1.82, 2.24) is 4.98 Å². The molecule has 1 aromatic heterocycles. The third kappa shape index (κ3) is 3.49. The molecule has 0 aliphatic rings. The lowest BCUT2D eigenvalue weighted by Crippen LogP contribution is -2.09. The number of aromatic nitrogens is 1. The van der Waals surface area contributed by atoms with Gasteiger partial charge in [0, 0.05) is 6.07 Å². The van der Waals surface area contributed by atoms with Crippen LogP contribution in [0.4, 0.5) is 26.3 Å². The molecule has 0 amide bonds. The lowest BCUT2D eigenvalue weighted by molar-refractivity contribution is -0.141. The highest BCUT2D eigenvalue weighted by Gasteiger charge is 2.34. The second-order valence-corrected chi connectivity index (χ2v) is 4.36. The Morgan fingerprint density at radius 2 is 1.55 bits per heavy atom. The fraction of sp³-hybridized carbons (Fsp3) is 0.214. The molecular weight excluding hydrogens is 312 g/mol. The van der Waals surface area contributed by atoms with Crippen molar-refractivity contribution < 1.29 is 31.1 Å². The molecule has 0 fully saturated rings. The largest absolute Gasteiger partial charge is 0.481 e. The average molecular weight is 321 g/mol. The van der Waals surface area contributed by atoms with Gasteiger partial charge in [-0.25, -0.2) is 4.98 Å². The first-order valence-corrected chi connectivity index (χ1v) is 5.92. The number of nitrogens with zero attached hydrogens (tertiary/aromatic N) is 1. The van der Waals surface area contributed by atoms with Crippen LogP contribution in [0, 0.1) is 0 Å². The number of methoxy groups -OCH3 is 1. The summed E-state index contributed by atoms with van der Waals surface area (Å²) in [5, 5.41) is 0. The Labute approximate surface area is 121 Å². The van der Waals surface area contributed by atoms with E-state index in [1.807, 2.05) is 0 Å².